The number of likely N-dealkylation sites (N-methyl/N-ethyl adjacent to an activating group) is 2. The first kappa shape index (κ1) is 15.4. The molecule has 0 radical (unpaired) electrons. The summed E-state index contributed by atoms with van der Waals surface area (Å²) in [4.78, 5) is 2.02. The highest BCUT2D eigenvalue weighted by Gasteiger charge is 2.17. The Hall–Kier alpha value is -1.94. The summed E-state index contributed by atoms with van der Waals surface area (Å²) in [7, 11) is 1.80. The number of benzene rings is 2. The summed E-state index contributed by atoms with van der Waals surface area (Å²) in [6.45, 7) is 3.28. The fraction of sp³-hybridized carbons (Fsp3) is 0.294. The lowest BCUT2D eigenvalue weighted by Gasteiger charge is -2.28. The Morgan fingerprint density at radius 3 is 2.48 bits per heavy atom. The largest absolute Gasteiger partial charge is 0.370 e. The Morgan fingerprint density at radius 2 is 1.86 bits per heavy atom. The van der Waals surface area contributed by atoms with Crippen LogP contribution in [0.4, 0.5) is 14.5 Å². The zero-order chi connectivity index (χ0) is 15.2. The van der Waals surface area contributed by atoms with Crippen LogP contribution in [0.1, 0.15) is 18.5 Å². The maximum absolute atomic E-state index is 13.9. The van der Waals surface area contributed by atoms with E-state index in [1.54, 1.807) is 25.2 Å². The molecule has 2 rings (SSSR count). The van der Waals surface area contributed by atoms with Crippen LogP contribution in [0.2, 0.25) is 0 Å². The maximum Gasteiger partial charge on any atom is 0.128 e. The highest BCUT2D eigenvalue weighted by Crippen LogP contribution is 2.22. The fourth-order valence-electron chi connectivity index (χ4n) is 2.41. The molecule has 0 aliphatic heterocycles. The molecule has 2 nitrogen and oxygen atoms in total. The quantitative estimate of drug-likeness (QED) is 0.871. The van der Waals surface area contributed by atoms with Crippen molar-refractivity contribution in [2.24, 2.45) is 0 Å². The normalized spacial score (nSPS) is 12.2. The molecule has 0 fully saturated rings. The van der Waals surface area contributed by atoms with Crippen LogP contribution in [0.3, 0.4) is 0 Å². The molecule has 1 atom stereocenters. The Labute approximate surface area is 124 Å². The summed E-state index contributed by atoms with van der Waals surface area (Å²) < 4.78 is 27.3. The lowest BCUT2D eigenvalue weighted by molar-refractivity contribution is 0.528. The topological polar surface area (TPSA) is 15.3 Å². The lowest BCUT2D eigenvalue weighted by atomic mass is 10.1. The van der Waals surface area contributed by atoms with Gasteiger partial charge in [-0.25, -0.2) is 8.78 Å². The molecular formula is C17H20F2N2. The minimum absolute atomic E-state index is 0.158. The first-order valence-corrected chi connectivity index (χ1v) is 7.08. The van der Waals surface area contributed by atoms with Gasteiger partial charge in [0.2, 0.25) is 0 Å². The minimum atomic E-state index is -0.266. The fourth-order valence-corrected chi connectivity index (χ4v) is 2.41. The van der Waals surface area contributed by atoms with Crippen LogP contribution in [0, 0.1) is 11.6 Å². The third kappa shape index (κ3) is 3.79. The van der Waals surface area contributed by atoms with Crippen molar-refractivity contribution in [3.8, 4) is 0 Å². The van der Waals surface area contributed by atoms with E-state index in [2.05, 4.69) is 5.32 Å². The molecular weight excluding hydrogens is 270 g/mol. The van der Waals surface area contributed by atoms with E-state index < -0.39 is 0 Å². The van der Waals surface area contributed by atoms with Crippen LogP contribution in [-0.2, 0) is 0 Å². The zero-order valence-corrected chi connectivity index (χ0v) is 12.3. The summed E-state index contributed by atoms with van der Waals surface area (Å²) in [5.74, 6) is -0.495. The lowest BCUT2D eigenvalue weighted by Crippen LogP contribution is -2.34. The van der Waals surface area contributed by atoms with Crippen LogP contribution in [0.5, 0.6) is 0 Å². The van der Waals surface area contributed by atoms with E-state index in [0.29, 0.717) is 12.1 Å². The number of nitrogens with zero attached hydrogens (tertiary/aromatic N) is 1. The predicted octanol–water partition coefficient (Wildman–Crippen LogP) is 3.75. The molecule has 0 bridgehead atoms. The smallest absolute Gasteiger partial charge is 0.128 e. The molecule has 0 spiro atoms. The summed E-state index contributed by atoms with van der Waals surface area (Å²) in [5, 5.41) is 3.13. The van der Waals surface area contributed by atoms with Crippen molar-refractivity contribution in [1.82, 2.24) is 5.32 Å². The summed E-state index contributed by atoms with van der Waals surface area (Å²) in [6.07, 6.45) is 0. The molecule has 0 saturated heterocycles. The van der Waals surface area contributed by atoms with E-state index in [1.807, 2.05) is 24.0 Å². The van der Waals surface area contributed by atoms with E-state index in [1.165, 1.54) is 18.2 Å². The van der Waals surface area contributed by atoms with Crippen molar-refractivity contribution in [3.63, 3.8) is 0 Å². The summed E-state index contributed by atoms with van der Waals surface area (Å²) >= 11 is 0. The van der Waals surface area contributed by atoms with Crippen molar-refractivity contribution in [1.29, 1.82) is 0 Å². The monoisotopic (exact) mass is 290 g/mol. The molecule has 2 aromatic carbocycles. The minimum Gasteiger partial charge on any atom is -0.370 e. The Kier molecular flexibility index (Phi) is 5.28. The molecule has 1 unspecified atom stereocenters. The van der Waals surface area contributed by atoms with Crippen molar-refractivity contribution in [2.45, 2.75) is 13.0 Å². The molecule has 2 aromatic rings. The first-order chi connectivity index (χ1) is 10.2. The standard InChI is InChI=1S/C17H20F2N2/c1-3-21(14-8-6-7-13(18)11-14)12-17(20-2)15-9-4-5-10-16(15)19/h4-11,17,20H,3,12H2,1-2H3. The van der Waals surface area contributed by atoms with E-state index in [9.17, 15) is 8.78 Å². The van der Waals surface area contributed by atoms with E-state index in [-0.39, 0.29) is 17.7 Å². The third-order valence-electron chi connectivity index (χ3n) is 3.59. The molecule has 0 aliphatic rings. The summed E-state index contributed by atoms with van der Waals surface area (Å²) in [6, 6.07) is 13.0. The average Bonchev–Trinajstić information content (AvgIpc) is 2.50. The number of anilines is 1. The molecule has 21 heavy (non-hydrogen) atoms. The van der Waals surface area contributed by atoms with Crippen LogP contribution >= 0.6 is 0 Å². The second-order valence-electron chi connectivity index (χ2n) is 4.88. The van der Waals surface area contributed by atoms with Gasteiger partial charge in [0.1, 0.15) is 11.6 Å². The van der Waals surface area contributed by atoms with Gasteiger partial charge in [-0.3, -0.25) is 0 Å². The van der Waals surface area contributed by atoms with Gasteiger partial charge in [0, 0.05) is 24.3 Å². The highest BCUT2D eigenvalue weighted by molar-refractivity contribution is 5.47. The van der Waals surface area contributed by atoms with Crippen molar-refractivity contribution < 1.29 is 8.78 Å². The van der Waals surface area contributed by atoms with Crippen LogP contribution < -0.4 is 10.2 Å². The van der Waals surface area contributed by atoms with Gasteiger partial charge in [-0.1, -0.05) is 24.3 Å². The maximum atomic E-state index is 13.9. The third-order valence-corrected chi connectivity index (χ3v) is 3.59. The van der Waals surface area contributed by atoms with Gasteiger partial charge in [-0.2, -0.15) is 0 Å². The summed E-state index contributed by atoms with van der Waals surface area (Å²) in [5.41, 5.74) is 1.42. The van der Waals surface area contributed by atoms with Gasteiger partial charge in [0.25, 0.3) is 0 Å². The van der Waals surface area contributed by atoms with E-state index in [0.717, 1.165) is 12.2 Å². The van der Waals surface area contributed by atoms with Gasteiger partial charge in [0.15, 0.2) is 0 Å². The number of halogens is 2. The zero-order valence-electron chi connectivity index (χ0n) is 12.3. The van der Waals surface area contributed by atoms with Gasteiger partial charge >= 0.3 is 0 Å². The van der Waals surface area contributed by atoms with Crippen molar-refractivity contribution >= 4 is 5.69 Å². The SMILES string of the molecule is CCN(CC(NC)c1ccccc1F)c1cccc(F)c1. The predicted molar refractivity (Wildman–Crippen MR) is 82.5 cm³/mol. The molecule has 112 valence electrons. The molecule has 0 saturated carbocycles. The van der Waals surface area contributed by atoms with Gasteiger partial charge in [-0.15, -0.1) is 0 Å². The van der Waals surface area contributed by atoms with Crippen LogP contribution in [0.15, 0.2) is 48.5 Å². The molecule has 0 aliphatic carbocycles. The van der Waals surface area contributed by atoms with Crippen LogP contribution in [-0.4, -0.2) is 20.1 Å². The van der Waals surface area contributed by atoms with Crippen molar-refractivity contribution in [2.75, 3.05) is 25.0 Å². The van der Waals surface area contributed by atoms with Crippen LogP contribution in [0.25, 0.3) is 0 Å². The molecule has 0 amide bonds. The Balaban J connectivity index is 2.22. The number of hydrogen-bond acceptors (Lipinski definition) is 2. The second kappa shape index (κ2) is 7.18. The average molecular weight is 290 g/mol. The molecule has 0 heterocycles. The molecule has 4 heteroatoms. The first-order valence-electron chi connectivity index (χ1n) is 7.08. The number of nitrogens with one attached hydrogen (secondary N) is 1. The number of hydrogen-bond donors (Lipinski definition) is 1. The van der Waals surface area contributed by atoms with Gasteiger partial charge in [-0.05, 0) is 38.2 Å². The van der Waals surface area contributed by atoms with Crippen molar-refractivity contribution in [3.05, 3.63) is 65.7 Å². The van der Waals surface area contributed by atoms with E-state index >= 15 is 0 Å². The molecule has 1 N–H and O–H groups in total. The second-order valence-corrected chi connectivity index (χ2v) is 4.88. The number of rotatable bonds is 6. The Bertz CT molecular complexity index is 587. The van der Waals surface area contributed by atoms with Gasteiger partial charge < -0.3 is 10.2 Å². The van der Waals surface area contributed by atoms with E-state index in [4.69, 9.17) is 0 Å². The Morgan fingerprint density at radius 1 is 1.10 bits per heavy atom. The highest BCUT2D eigenvalue weighted by atomic mass is 19.1. The molecule has 0 aromatic heterocycles. The van der Waals surface area contributed by atoms with Gasteiger partial charge in [0.05, 0.1) is 6.04 Å².